The molecule has 0 spiro atoms. The highest BCUT2D eigenvalue weighted by molar-refractivity contribution is 5.98. The van der Waals surface area contributed by atoms with Crippen molar-refractivity contribution in [1.82, 2.24) is 9.78 Å². The number of amides is 1. The lowest BCUT2D eigenvalue weighted by molar-refractivity contribution is 0.100. The fourth-order valence-electron chi connectivity index (χ4n) is 1.57. The Morgan fingerprint density at radius 1 is 1.53 bits per heavy atom. The normalized spacial score (nSPS) is 10.5. The molecular weight excluding hydrogens is 194 g/mol. The molecule has 0 unspecified atom stereocenters. The highest BCUT2D eigenvalue weighted by atomic mass is 16.5. The van der Waals surface area contributed by atoms with Crippen molar-refractivity contribution in [2.75, 3.05) is 7.11 Å². The van der Waals surface area contributed by atoms with E-state index in [-0.39, 0.29) is 0 Å². The largest absolute Gasteiger partial charge is 0.481 e. The summed E-state index contributed by atoms with van der Waals surface area (Å²) in [5, 5.41) is 5.01. The number of aromatic nitrogens is 2. The fraction of sp³-hybridized carbons (Fsp3) is 0.200. The molecule has 78 valence electrons. The molecule has 0 aliphatic heterocycles. The third kappa shape index (κ3) is 1.41. The van der Waals surface area contributed by atoms with Gasteiger partial charge in [-0.1, -0.05) is 0 Å². The molecule has 5 nitrogen and oxygen atoms in total. The van der Waals surface area contributed by atoms with E-state index in [9.17, 15) is 4.79 Å². The third-order valence-electron chi connectivity index (χ3n) is 2.26. The number of carbonyl (C=O) groups excluding carboxylic acids is 1. The summed E-state index contributed by atoms with van der Waals surface area (Å²) in [7, 11) is 3.34. The highest BCUT2D eigenvalue weighted by Crippen LogP contribution is 2.25. The molecule has 0 radical (unpaired) electrons. The fourth-order valence-corrected chi connectivity index (χ4v) is 1.57. The first-order valence-corrected chi connectivity index (χ1v) is 4.44. The van der Waals surface area contributed by atoms with Gasteiger partial charge in [0.1, 0.15) is 0 Å². The van der Waals surface area contributed by atoms with Crippen LogP contribution >= 0.6 is 0 Å². The van der Waals surface area contributed by atoms with Crippen molar-refractivity contribution in [2.24, 2.45) is 12.8 Å². The summed E-state index contributed by atoms with van der Waals surface area (Å²) in [6.45, 7) is 0. The van der Waals surface area contributed by atoms with E-state index in [4.69, 9.17) is 10.5 Å². The van der Waals surface area contributed by atoms with Crippen LogP contribution in [0.4, 0.5) is 0 Å². The number of rotatable bonds is 2. The average molecular weight is 205 g/mol. The molecule has 1 aromatic carbocycles. The van der Waals surface area contributed by atoms with Gasteiger partial charge in [-0.05, 0) is 18.2 Å². The molecule has 0 bridgehead atoms. The zero-order chi connectivity index (χ0) is 11.0. The van der Waals surface area contributed by atoms with Crippen LogP contribution in [0.25, 0.3) is 10.9 Å². The molecule has 0 saturated carbocycles. The number of aryl methyl sites for hydroxylation is 1. The first-order valence-electron chi connectivity index (χ1n) is 4.44. The number of methoxy groups -OCH3 is 1. The smallest absolute Gasteiger partial charge is 0.248 e. The van der Waals surface area contributed by atoms with Crippen molar-refractivity contribution < 1.29 is 9.53 Å². The van der Waals surface area contributed by atoms with Gasteiger partial charge in [-0.25, -0.2) is 4.68 Å². The van der Waals surface area contributed by atoms with Crippen molar-refractivity contribution in [3.05, 3.63) is 23.8 Å². The second kappa shape index (κ2) is 3.27. The lowest BCUT2D eigenvalue weighted by Crippen LogP contribution is -2.10. The van der Waals surface area contributed by atoms with Gasteiger partial charge in [0, 0.05) is 12.6 Å². The number of ether oxygens (including phenoxy) is 1. The Bertz CT molecular complexity index is 531. The predicted molar refractivity (Wildman–Crippen MR) is 55.8 cm³/mol. The minimum Gasteiger partial charge on any atom is -0.481 e. The van der Waals surface area contributed by atoms with Gasteiger partial charge in [0.15, 0.2) is 0 Å². The Labute approximate surface area is 86.4 Å². The molecule has 2 N–H and O–H groups in total. The van der Waals surface area contributed by atoms with Crippen LogP contribution in [-0.4, -0.2) is 22.8 Å². The number of hydrogen-bond donors (Lipinski definition) is 1. The Kier molecular flexibility index (Phi) is 2.07. The van der Waals surface area contributed by atoms with Crippen molar-refractivity contribution in [1.29, 1.82) is 0 Å². The zero-order valence-corrected chi connectivity index (χ0v) is 8.52. The maximum absolute atomic E-state index is 11.0. The van der Waals surface area contributed by atoms with E-state index in [2.05, 4.69) is 5.10 Å². The number of primary amides is 1. The average Bonchev–Trinajstić information content (AvgIpc) is 2.51. The molecule has 15 heavy (non-hydrogen) atoms. The molecule has 1 aromatic heterocycles. The van der Waals surface area contributed by atoms with E-state index in [1.165, 1.54) is 0 Å². The standard InChI is InChI=1S/C10H11N3O2/c1-13-10(15-2)7-5-6(9(11)14)3-4-8(7)12-13/h3-5H,1-2H3,(H2,11,14). The third-order valence-corrected chi connectivity index (χ3v) is 2.26. The lowest BCUT2D eigenvalue weighted by Gasteiger charge is -1.99. The second-order valence-electron chi connectivity index (χ2n) is 3.23. The molecule has 0 atom stereocenters. The molecule has 1 amide bonds. The van der Waals surface area contributed by atoms with Crippen LogP contribution in [0.2, 0.25) is 0 Å². The lowest BCUT2D eigenvalue weighted by atomic mass is 10.1. The molecule has 0 saturated heterocycles. The van der Waals surface area contributed by atoms with Gasteiger partial charge in [-0.2, -0.15) is 5.10 Å². The van der Waals surface area contributed by atoms with E-state index in [0.717, 1.165) is 10.9 Å². The van der Waals surface area contributed by atoms with Gasteiger partial charge in [-0.3, -0.25) is 4.79 Å². The van der Waals surface area contributed by atoms with Gasteiger partial charge in [0.2, 0.25) is 11.8 Å². The van der Waals surface area contributed by atoms with Crippen LogP contribution in [0.15, 0.2) is 18.2 Å². The topological polar surface area (TPSA) is 70.1 Å². The van der Waals surface area contributed by atoms with Crippen molar-refractivity contribution in [3.63, 3.8) is 0 Å². The Morgan fingerprint density at radius 2 is 2.27 bits per heavy atom. The molecule has 0 aliphatic rings. The summed E-state index contributed by atoms with van der Waals surface area (Å²) in [5.41, 5.74) is 6.43. The highest BCUT2D eigenvalue weighted by Gasteiger charge is 2.11. The summed E-state index contributed by atoms with van der Waals surface area (Å²) in [6.07, 6.45) is 0. The molecule has 5 heteroatoms. The number of hydrogen-bond acceptors (Lipinski definition) is 3. The summed E-state index contributed by atoms with van der Waals surface area (Å²) < 4.78 is 6.80. The Morgan fingerprint density at radius 3 is 2.87 bits per heavy atom. The van der Waals surface area contributed by atoms with Gasteiger partial charge in [0.25, 0.3) is 0 Å². The minimum atomic E-state index is -0.456. The van der Waals surface area contributed by atoms with Crippen LogP contribution in [0, 0.1) is 0 Å². The maximum Gasteiger partial charge on any atom is 0.248 e. The Balaban J connectivity index is 2.73. The molecule has 0 fully saturated rings. The summed E-state index contributed by atoms with van der Waals surface area (Å²) >= 11 is 0. The van der Waals surface area contributed by atoms with E-state index < -0.39 is 5.91 Å². The van der Waals surface area contributed by atoms with E-state index in [1.54, 1.807) is 37.0 Å². The summed E-state index contributed by atoms with van der Waals surface area (Å²) in [5.74, 6) is 0.163. The minimum absolute atomic E-state index is 0.453. The van der Waals surface area contributed by atoms with Crippen molar-refractivity contribution in [2.45, 2.75) is 0 Å². The van der Waals surface area contributed by atoms with E-state index in [0.29, 0.717) is 11.4 Å². The second-order valence-corrected chi connectivity index (χ2v) is 3.23. The predicted octanol–water partition coefficient (Wildman–Crippen LogP) is 0.681. The number of nitrogens with two attached hydrogens (primary N) is 1. The first kappa shape index (κ1) is 9.51. The van der Waals surface area contributed by atoms with Crippen LogP contribution in [-0.2, 0) is 7.05 Å². The monoisotopic (exact) mass is 205 g/mol. The number of benzene rings is 1. The van der Waals surface area contributed by atoms with Crippen LogP contribution in [0.1, 0.15) is 10.4 Å². The van der Waals surface area contributed by atoms with Gasteiger partial charge < -0.3 is 10.5 Å². The van der Waals surface area contributed by atoms with Crippen molar-refractivity contribution in [3.8, 4) is 5.88 Å². The first-order chi connectivity index (χ1) is 7.13. The number of fused-ring (bicyclic) bond motifs is 1. The number of carbonyl (C=O) groups is 1. The van der Waals surface area contributed by atoms with E-state index >= 15 is 0 Å². The van der Waals surface area contributed by atoms with Crippen LogP contribution in [0.5, 0.6) is 5.88 Å². The summed E-state index contributed by atoms with van der Waals surface area (Å²) in [4.78, 5) is 11.0. The SMILES string of the molecule is COc1c2cc(C(N)=O)ccc2nn1C. The van der Waals surface area contributed by atoms with Gasteiger partial charge in [0.05, 0.1) is 18.0 Å². The van der Waals surface area contributed by atoms with Crippen LogP contribution in [0.3, 0.4) is 0 Å². The number of nitrogens with zero attached hydrogens (tertiary/aromatic N) is 2. The summed E-state index contributed by atoms with van der Waals surface area (Å²) in [6, 6.07) is 5.08. The van der Waals surface area contributed by atoms with Crippen molar-refractivity contribution >= 4 is 16.8 Å². The zero-order valence-electron chi connectivity index (χ0n) is 8.52. The molecule has 0 aliphatic carbocycles. The van der Waals surface area contributed by atoms with E-state index in [1.807, 2.05) is 0 Å². The molecular formula is C10H11N3O2. The quantitative estimate of drug-likeness (QED) is 0.783. The Hall–Kier alpha value is -2.04. The molecule has 2 rings (SSSR count). The van der Waals surface area contributed by atoms with Gasteiger partial charge >= 0.3 is 0 Å². The van der Waals surface area contributed by atoms with Crippen LogP contribution < -0.4 is 10.5 Å². The molecule has 2 aromatic rings. The molecule has 1 heterocycles. The van der Waals surface area contributed by atoms with Gasteiger partial charge in [-0.15, -0.1) is 0 Å². The maximum atomic E-state index is 11.0.